The zero-order chi connectivity index (χ0) is 23.9. The maximum atomic E-state index is 11.7. The van der Waals surface area contributed by atoms with Gasteiger partial charge in [0.15, 0.2) is 0 Å². The number of benzene rings is 3. The van der Waals surface area contributed by atoms with Gasteiger partial charge in [-0.25, -0.2) is 0 Å². The van der Waals surface area contributed by atoms with Crippen molar-refractivity contribution >= 4 is 46.4 Å². The van der Waals surface area contributed by atoms with Crippen molar-refractivity contribution in [3.05, 3.63) is 92.6 Å². The number of aromatic amines is 1. The SMILES string of the molecule is Cl.Cl.O=c1[nH]c2c(O)ccc([C@@H](O)CNCCc3cccc(CNCCc4ccccc4O)c3)c2s1. The van der Waals surface area contributed by atoms with Crippen LogP contribution >= 0.6 is 36.2 Å². The molecule has 0 fully saturated rings. The first-order valence-electron chi connectivity index (χ1n) is 11.3. The molecule has 10 heteroatoms. The lowest BCUT2D eigenvalue weighted by atomic mass is 10.1. The van der Waals surface area contributed by atoms with E-state index in [9.17, 15) is 20.1 Å². The quantitative estimate of drug-likeness (QED) is 0.157. The minimum absolute atomic E-state index is 0. The van der Waals surface area contributed by atoms with Crippen LogP contribution in [0, 0.1) is 0 Å². The van der Waals surface area contributed by atoms with Crippen LogP contribution in [0.1, 0.15) is 28.4 Å². The molecular weight excluding hydrogens is 521 g/mol. The van der Waals surface area contributed by atoms with Gasteiger partial charge in [-0.05, 0) is 54.8 Å². The molecule has 0 radical (unpaired) electrons. The average Bonchev–Trinajstić information content (AvgIpc) is 3.23. The number of H-pyrrole nitrogens is 1. The van der Waals surface area contributed by atoms with E-state index >= 15 is 0 Å². The standard InChI is InChI=1S/C26H29N3O4S.2ClH/c30-21-7-2-1-6-19(21)11-13-27-15-18-5-3-4-17(14-18)10-12-28-16-23(32)20-8-9-22(31)24-25(20)34-26(33)29-24;;/h1-9,14,23,27-28,30-32H,10-13,15-16H2,(H,29,33);2*1H/t23-;;/m0../s1. The van der Waals surface area contributed by atoms with Crippen molar-refractivity contribution in [3.63, 3.8) is 0 Å². The number of phenolic OH excluding ortho intramolecular Hbond substituents is 2. The van der Waals surface area contributed by atoms with Crippen molar-refractivity contribution in [2.24, 2.45) is 0 Å². The molecule has 1 aromatic heterocycles. The Morgan fingerprint density at radius 2 is 1.61 bits per heavy atom. The Morgan fingerprint density at radius 1 is 0.861 bits per heavy atom. The summed E-state index contributed by atoms with van der Waals surface area (Å²) >= 11 is 0.989. The molecule has 0 aliphatic heterocycles. The molecule has 0 aliphatic rings. The van der Waals surface area contributed by atoms with Crippen LogP contribution in [-0.4, -0.2) is 39.9 Å². The number of fused-ring (bicyclic) bond motifs is 1. The van der Waals surface area contributed by atoms with Crippen LogP contribution in [0.25, 0.3) is 10.2 Å². The highest BCUT2D eigenvalue weighted by Crippen LogP contribution is 2.31. The molecule has 0 saturated carbocycles. The van der Waals surface area contributed by atoms with E-state index in [-0.39, 0.29) is 35.4 Å². The van der Waals surface area contributed by atoms with Crippen molar-refractivity contribution in [2.45, 2.75) is 25.5 Å². The number of rotatable bonds is 11. The molecule has 194 valence electrons. The van der Waals surface area contributed by atoms with E-state index in [4.69, 9.17) is 0 Å². The summed E-state index contributed by atoms with van der Waals surface area (Å²) in [5.41, 5.74) is 4.34. The van der Waals surface area contributed by atoms with Crippen molar-refractivity contribution in [3.8, 4) is 11.5 Å². The van der Waals surface area contributed by atoms with Crippen molar-refractivity contribution in [1.82, 2.24) is 15.6 Å². The number of nitrogens with one attached hydrogen (secondary N) is 3. The van der Waals surface area contributed by atoms with E-state index in [1.165, 1.54) is 17.2 Å². The highest BCUT2D eigenvalue weighted by Gasteiger charge is 2.15. The maximum Gasteiger partial charge on any atom is 0.305 e. The number of aliphatic hydroxyl groups excluding tert-OH is 1. The Balaban J connectivity index is 0.00000228. The summed E-state index contributed by atoms with van der Waals surface area (Å²) in [6, 6.07) is 18.9. The molecule has 0 spiro atoms. The summed E-state index contributed by atoms with van der Waals surface area (Å²) in [4.78, 5) is 14.0. The van der Waals surface area contributed by atoms with Gasteiger partial charge in [0.05, 0.1) is 10.8 Å². The molecule has 0 amide bonds. The smallest absolute Gasteiger partial charge is 0.305 e. The summed E-state index contributed by atoms with van der Waals surface area (Å²) in [6.07, 6.45) is 0.807. The monoisotopic (exact) mass is 551 g/mol. The molecule has 0 unspecified atom stereocenters. The minimum atomic E-state index is -0.783. The third-order valence-corrected chi connectivity index (χ3v) is 6.69. The summed E-state index contributed by atoms with van der Waals surface area (Å²) in [7, 11) is 0. The third kappa shape index (κ3) is 7.70. The van der Waals surface area contributed by atoms with Gasteiger partial charge in [0.25, 0.3) is 0 Å². The van der Waals surface area contributed by atoms with Crippen LogP contribution in [0.5, 0.6) is 11.5 Å². The van der Waals surface area contributed by atoms with E-state index < -0.39 is 6.10 Å². The molecule has 1 heterocycles. The number of halogens is 2. The van der Waals surface area contributed by atoms with Gasteiger partial charge >= 0.3 is 4.87 Å². The molecule has 36 heavy (non-hydrogen) atoms. The number of hydrogen-bond acceptors (Lipinski definition) is 7. The second-order valence-electron chi connectivity index (χ2n) is 8.24. The van der Waals surface area contributed by atoms with Crippen LogP contribution < -0.4 is 15.5 Å². The van der Waals surface area contributed by atoms with Gasteiger partial charge in [-0.15, -0.1) is 24.8 Å². The predicted octanol–water partition coefficient (Wildman–Crippen LogP) is 4.04. The van der Waals surface area contributed by atoms with E-state index in [0.717, 1.165) is 42.8 Å². The van der Waals surface area contributed by atoms with Crippen LogP contribution in [0.3, 0.4) is 0 Å². The maximum absolute atomic E-state index is 11.7. The number of aromatic hydroxyl groups is 2. The first kappa shape index (κ1) is 29.6. The first-order valence-corrected chi connectivity index (χ1v) is 12.1. The molecular formula is C26H31Cl2N3O4S. The molecule has 4 aromatic rings. The minimum Gasteiger partial charge on any atom is -0.508 e. The summed E-state index contributed by atoms with van der Waals surface area (Å²) in [5, 5.41) is 37.1. The number of phenols is 2. The lowest BCUT2D eigenvalue weighted by Gasteiger charge is -2.14. The molecule has 0 bridgehead atoms. The van der Waals surface area contributed by atoms with Gasteiger partial charge in [0.2, 0.25) is 0 Å². The van der Waals surface area contributed by atoms with Crippen molar-refractivity contribution in [2.75, 3.05) is 19.6 Å². The summed E-state index contributed by atoms with van der Waals surface area (Å²) in [5.74, 6) is 0.340. The van der Waals surface area contributed by atoms with E-state index in [0.29, 0.717) is 34.6 Å². The van der Waals surface area contributed by atoms with Gasteiger partial charge in [-0.2, -0.15) is 0 Å². The normalized spacial score (nSPS) is 11.6. The van der Waals surface area contributed by atoms with Crippen LogP contribution in [-0.2, 0) is 19.4 Å². The van der Waals surface area contributed by atoms with Crippen molar-refractivity contribution in [1.29, 1.82) is 0 Å². The number of aromatic nitrogens is 1. The third-order valence-electron chi connectivity index (χ3n) is 5.76. The molecule has 3 aromatic carbocycles. The second kappa shape index (κ2) is 14.2. The highest BCUT2D eigenvalue weighted by atomic mass is 35.5. The molecule has 6 N–H and O–H groups in total. The fourth-order valence-electron chi connectivity index (χ4n) is 3.96. The van der Waals surface area contributed by atoms with E-state index in [2.05, 4.69) is 33.8 Å². The second-order valence-corrected chi connectivity index (χ2v) is 9.22. The Kier molecular flexibility index (Phi) is 11.7. The Labute approximate surface area is 226 Å². The van der Waals surface area contributed by atoms with Crippen LogP contribution in [0.15, 0.2) is 65.5 Å². The number of thiazole rings is 1. The lowest BCUT2D eigenvalue weighted by molar-refractivity contribution is 0.176. The van der Waals surface area contributed by atoms with Crippen LogP contribution in [0.2, 0.25) is 0 Å². The number of hydrogen-bond donors (Lipinski definition) is 6. The lowest BCUT2D eigenvalue weighted by Crippen LogP contribution is -2.24. The summed E-state index contributed by atoms with van der Waals surface area (Å²) in [6.45, 7) is 2.58. The Bertz CT molecular complexity index is 1310. The first-order chi connectivity index (χ1) is 16.5. The fourth-order valence-corrected chi connectivity index (χ4v) is 4.87. The Morgan fingerprint density at radius 3 is 2.42 bits per heavy atom. The van der Waals surface area contributed by atoms with E-state index in [1.807, 2.05) is 24.3 Å². The van der Waals surface area contributed by atoms with Gasteiger partial charge in [-0.3, -0.25) is 4.79 Å². The van der Waals surface area contributed by atoms with Gasteiger partial charge in [0, 0.05) is 18.7 Å². The summed E-state index contributed by atoms with van der Waals surface area (Å²) < 4.78 is 0.585. The molecule has 4 rings (SSSR count). The van der Waals surface area contributed by atoms with Crippen LogP contribution in [0.4, 0.5) is 0 Å². The zero-order valence-electron chi connectivity index (χ0n) is 19.6. The fraction of sp³-hybridized carbons (Fsp3) is 0.269. The predicted molar refractivity (Wildman–Crippen MR) is 150 cm³/mol. The molecule has 7 nitrogen and oxygen atoms in total. The average molecular weight is 553 g/mol. The van der Waals surface area contributed by atoms with Crippen molar-refractivity contribution < 1.29 is 15.3 Å². The van der Waals surface area contributed by atoms with Gasteiger partial charge < -0.3 is 30.9 Å². The number of aliphatic hydroxyl groups is 1. The highest BCUT2D eigenvalue weighted by molar-refractivity contribution is 7.16. The molecule has 1 atom stereocenters. The Hall–Kier alpha value is -2.59. The van der Waals surface area contributed by atoms with Gasteiger partial charge in [-0.1, -0.05) is 59.9 Å². The van der Waals surface area contributed by atoms with E-state index in [1.54, 1.807) is 12.1 Å². The number of para-hydroxylation sites is 1. The molecule has 0 aliphatic carbocycles. The van der Waals surface area contributed by atoms with Gasteiger partial charge in [0.1, 0.15) is 17.0 Å². The largest absolute Gasteiger partial charge is 0.508 e. The zero-order valence-corrected chi connectivity index (χ0v) is 22.0. The molecule has 0 saturated heterocycles. The topological polar surface area (TPSA) is 118 Å².